The Kier molecular flexibility index (Phi) is 6.74. The quantitative estimate of drug-likeness (QED) is 0.724. The summed E-state index contributed by atoms with van der Waals surface area (Å²) in [5.74, 6) is -0.156. The summed E-state index contributed by atoms with van der Waals surface area (Å²) in [7, 11) is -1.87. The van der Waals surface area contributed by atoms with E-state index < -0.39 is 10.0 Å². The van der Waals surface area contributed by atoms with Gasteiger partial charge in [-0.2, -0.15) is 4.31 Å². The van der Waals surface area contributed by atoms with Crippen LogP contribution in [0.5, 0.6) is 0 Å². The summed E-state index contributed by atoms with van der Waals surface area (Å²) in [5.41, 5.74) is 2.87. The van der Waals surface area contributed by atoms with Crippen molar-refractivity contribution in [1.29, 1.82) is 0 Å². The van der Waals surface area contributed by atoms with Gasteiger partial charge in [0.15, 0.2) is 0 Å². The lowest BCUT2D eigenvalue weighted by Crippen LogP contribution is -2.38. The van der Waals surface area contributed by atoms with Crippen LogP contribution in [0.15, 0.2) is 53.4 Å². The molecule has 0 saturated heterocycles. The molecule has 1 saturated carbocycles. The fraction of sp³-hybridized carbons (Fsp3) is 0.458. The minimum Gasteiger partial charge on any atom is -0.373 e. The second-order valence-corrected chi connectivity index (χ2v) is 10.4. The predicted octanol–water partition coefficient (Wildman–Crippen LogP) is 4.28. The normalized spacial score (nSPS) is 19.7. The number of anilines is 1. The first-order valence-electron chi connectivity index (χ1n) is 11.0. The van der Waals surface area contributed by atoms with Crippen molar-refractivity contribution < 1.29 is 17.9 Å². The Bertz CT molecular complexity index is 1010. The van der Waals surface area contributed by atoms with E-state index in [-0.39, 0.29) is 29.4 Å². The van der Waals surface area contributed by atoms with Gasteiger partial charge >= 0.3 is 0 Å². The number of fused-ring (bicyclic) bond motifs is 1. The molecule has 166 valence electrons. The maximum absolute atomic E-state index is 13.0. The van der Waals surface area contributed by atoms with Crippen molar-refractivity contribution in [1.82, 2.24) is 4.31 Å². The minimum absolute atomic E-state index is 0.0662. The van der Waals surface area contributed by atoms with Crippen LogP contribution in [0.1, 0.15) is 55.8 Å². The van der Waals surface area contributed by atoms with Gasteiger partial charge in [-0.05, 0) is 54.7 Å². The standard InChI is InChI=1S/C24H30N2O4S/c1-26(20-8-3-2-4-9-20)31(28,29)21-13-11-19(12-14-21)25-24(27)17-23-22-10-6-5-7-18(22)15-16-30-23/h5-7,10-14,20,23H,2-4,8-9,15-17H2,1H3,(H,25,27). The summed E-state index contributed by atoms with van der Waals surface area (Å²) in [6.07, 6.45) is 5.98. The number of carbonyl (C=O) groups excluding carboxylic acids is 1. The van der Waals surface area contributed by atoms with Gasteiger partial charge in [0.2, 0.25) is 15.9 Å². The Morgan fingerprint density at radius 1 is 1.06 bits per heavy atom. The molecule has 1 aliphatic heterocycles. The molecule has 1 aliphatic carbocycles. The second-order valence-electron chi connectivity index (χ2n) is 8.40. The molecule has 0 spiro atoms. The lowest BCUT2D eigenvalue weighted by molar-refractivity contribution is -0.119. The number of ether oxygens (including phenoxy) is 1. The Morgan fingerprint density at radius 3 is 2.52 bits per heavy atom. The van der Waals surface area contributed by atoms with Gasteiger partial charge in [0, 0.05) is 18.8 Å². The maximum atomic E-state index is 13.0. The second kappa shape index (κ2) is 9.51. The largest absolute Gasteiger partial charge is 0.373 e. The maximum Gasteiger partial charge on any atom is 0.243 e. The van der Waals surface area contributed by atoms with E-state index in [9.17, 15) is 13.2 Å². The van der Waals surface area contributed by atoms with Gasteiger partial charge in [-0.3, -0.25) is 4.79 Å². The Balaban J connectivity index is 1.39. The van der Waals surface area contributed by atoms with Gasteiger partial charge in [0.1, 0.15) is 0 Å². The van der Waals surface area contributed by atoms with E-state index >= 15 is 0 Å². The molecule has 0 bridgehead atoms. The SMILES string of the molecule is CN(C1CCCCC1)S(=O)(=O)c1ccc(NC(=O)CC2OCCc3ccccc32)cc1. The van der Waals surface area contributed by atoms with E-state index in [0.29, 0.717) is 12.3 Å². The van der Waals surface area contributed by atoms with Crippen LogP contribution in [-0.4, -0.2) is 38.3 Å². The number of nitrogens with one attached hydrogen (secondary N) is 1. The molecule has 2 aliphatic rings. The smallest absolute Gasteiger partial charge is 0.243 e. The van der Waals surface area contributed by atoms with Crippen molar-refractivity contribution in [3.63, 3.8) is 0 Å². The van der Waals surface area contributed by atoms with Gasteiger partial charge in [0.05, 0.1) is 24.0 Å². The van der Waals surface area contributed by atoms with Crippen LogP contribution in [0.2, 0.25) is 0 Å². The first-order valence-corrected chi connectivity index (χ1v) is 12.5. The van der Waals surface area contributed by atoms with E-state index in [4.69, 9.17) is 4.74 Å². The lowest BCUT2D eigenvalue weighted by Gasteiger charge is -2.30. The van der Waals surface area contributed by atoms with Crippen molar-refractivity contribution in [3.8, 4) is 0 Å². The van der Waals surface area contributed by atoms with Gasteiger partial charge in [-0.25, -0.2) is 8.42 Å². The van der Waals surface area contributed by atoms with E-state index in [1.54, 1.807) is 31.3 Å². The third-order valence-electron chi connectivity index (χ3n) is 6.37. The molecule has 1 atom stereocenters. The highest BCUT2D eigenvalue weighted by Gasteiger charge is 2.29. The number of carbonyl (C=O) groups is 1. The van der Waals surface area contributed by atoms with Gasteiger partial charge in [0.25, 0.3) is 0 Å². The molecular formula is C24H30N2O4S. The molecule has 2 aromatic carbocycles. The summed E-state index contributed by atoms with van der Waals surface area (Å²) in [5, 5.41) is 2.86. The number of amides is 1. The molecule has 1 fully saturated rings. The van der Waals surface area contributed by atoms with E-state index in [0.717, 1.165) is 37.7 Å². The van der Waals surface area contributed by atoms with E-state index in [2.05, 4.69) is 11.4 Å². The molecular weight excluding hydrogens is 412 g/mol. The number of sulfonamides is 1. The zero-order valence-electron chi connectivity index (χ0n) is 17.9. The van der Waals surface area contributed by atoms with Crippen LogP contribution in [0.3, 0.4) is 0 Å². The number of benzene rings is 2. The summed E-state index contributed by atoms with van der Waals surface area (Å²) in [6, 6.07) is 14.5. The van der Waals surface area contributed by atoms with Crippen LogP contribution in [0.4, 0.5) is 5.69 Å². The Hall–Kier alpha value is -2.22. The summed E-state index contributed by atoms with van der Waals surface area (Å²) in [4.78, 5) is 12.8. The lowest BCUT2D eigenvalue weighted by atomic mass is 9.95. The van der Waals surface area contributed by atoms with Gasteiger partial charge in [-0.1, -0.05) is 43.5 Å². The number of nitrogens with zero attached hydrogens (tertiary/aromatic N) is 1. The number of hydrogen-bond acceptors (Lipinski definition) is 4. The Labute approximate surface area is 184 Å². The van der Waals surface area contributed by atoms with Crippen LogP contribution >= 0.6 is 0 Å². The van der Waals surface area contributed by atoms with Crippen LogP contribution in [0, 0.1) is 0 Å². The van der Waals surface area contributed by atoms with E-state index in [1.165, 1.54) is 16.3 Å². The molecule has 1 amide bonds. The average molecular weight is 443 g/mol. The molecule has 1 N–H and O–H groups in total. The molecule has 1 unspecified atom stereocenters. The van der Waals surface area contributed by atoms with Gasteiger partial charge in [-0.15, -0.1) is 0 Å². The zero-order chi connectivity index (χ0) is 21.8. The fourth-order valence-corrected chi connectivity index (χ4v) is 5.96. The third-order valence-corrected chi connectivity index (χ3v) is 8.29. The third kappa shape index (κ3) is 5.00. The molecule has 2 aromatic rings. The predicted molar refractivity (Wildman–Crippen MR) is 120 cm³/mol. The number of rotatable bonds is 6. The minimum atomic E-state index is -3.54. The molecule has 4 rings (SSSR count). The van der Waals surface area contributed by atoms with Crippen molar-refractivity contribution in [2.45, 2.75) is 62.0 Å². The van der Waals surface area contributed by atoms with Crippen molar-refractivity contribution in [3.05, 3.63) is 59.7 Å². The average Bonchev–Trinajstić information content (AvgIpc) is 2.80. The van der Waals surface area contributed by atoms with Crippen LogP contribution < -0.4 is 5.32 Å². The fourth-order valence-electron chi connectivity index (χ4n) is 4.54. The molecule has 7 heteroatoms. The Morgan fingerprint density at radius 2 is 1.77 bits per heavy atom. The van der Waals surface area contributed by atoms with Crippen LogP contribution in [-0.2, 0) is 26.0 Å². The first kappa shape index (κ1) is 22.0. The molecule has 1 heterocycles. The monoisotopic (exact) mass is 442 g/mol. The topological polar surface area (TPSA) is 75.7 Å². The molecule has 0 radical (unpaired) electrons. The molecule has 6 nitrogen and oxygen atoms in total. The highest BCUT2D eigenvalue weighted by atomic mass is 32.2. The molecule has 0 aromatic heterocycles. The first-order chi connectivity index (χ1) is 14.9. The van der Waals surface area contributed by atoms with E-state index in [1.807, 2.05) is 18.2 Å². The van der Waals surface area contributed by atoms with Crippen molar-refractivity contribution in [2.75, 3.05) is 19.0 Å². The number of hydrogen-bond donors (Lipinski definition) is 1. The summed E-state index contributed by atoms with van der Waals surface area (Å²) < 4.78 is 33.3. The van der Waals surface area contributed by atoms with Gasteiger partial charge < -0.3 is 10.1 Å². The zero-order valence-corrected chi connectivity index (χ0v) is 18.7. The highest BCUT2D eigenvalue weighted by molar-refractivity contribution is 7.89. The highest BCUT2D eigenvalue weighted by Crippen LogP contribution is 2.30. The summed E-state index contributed by atoms with van der Waals surface area (Å²) in [6.45, 7) is 0.607. The summed E-state index contributed by atoms with van der Waals surface area (Å²) >= 11 is 0. The van der Waals surface area contributed by atoms with Crippen molar-refractivity contribution >= 4 is 21.6 Å². The molecule has 31 heavy (non-hydrogen) atoms. The van der Waals surface area contributed by atoms with Crippen molar-refractivity contribution in [2.24, 2.45) is 0 Å². The van der Waals surface area contributed by atoms with Crippen LogP contribution in [0.25, 0.3) is 0 Å².